The maximum absolute atomic E-state index is 6.34. The number of pyridine rings is 1. The molecule has 0 unspecified atom stereocenters. The molecule has 3 heterocycles. The predicted octanol–water partition coefficient (Wildman–Crippen LogP) is 6.30. The SMILES string of the molecule is Cc1ccc(-c2nc3cnccc3n2-c2ccccc2)c2oc3ccccc3c12. The van der Waals surface area contributed by atoms with E-state index in [0.29, 0.717) is 0 Å². The lowest BCUT2D eigenvalue weighted by Crippen LogP contribution is -1.97. The Morgan fingerprint density at radius 3 is 2.59 bits per heavy atom. The van der Waals surface area contributed by atoms with Gasteiger partial charge in [-0.05, 0) is 42.8 Å². The summed E-state index contributed by atoms with van der Waals surface area (Å²) < 4.78 is 8.51. The van der Waals surface area contributed by atoms with E-state index < -0.39 is 0 Å². The summed E-state index contributed by atoms with van der Waals surface area (Å²) in [5.41, 5.74) is 6.86. The third kappa shape index (κ3) is 2.32. The van der Waals surface area contributed by atoms with Gasteiger partial charge in [0, 0.05) is 22.7 Å². The van der Waals surface area contributed by atoms with E-state index in [1.807, 2.05) is 48.7 Å². The van der Waals surface area contributed by atoms with Gasteiger partial charge in [-0.15, -0.1) is 0 Å². The summed E-state index contributed by atoms with van der Waals surface area (Å²) in [6.07, 6.45) is 3.61. The Kier molecular flexibility index (Phi) is 3.35. The molecule has 0 aliphatic rings. The van der Waals surface area contributed by atoms with Gasteiger partial charge in [0.05, 0.1) is 17.3 Å². The summed E-state index contributed by atoms with van der Waals surface area (Å²) in [4.78, 5) is 9.22. The van der Waals surface area contributed by atoms with Gasteiger partial charge >= 0.3 is 0 Å². The van der Waals surface area contributed by atoms with Crippen LogP contribution in [0.4, 0.5) is 0 Å². The van der Waals surface area contributed by atoms with Gasteiger partial charge in [0.15, 0.2) is 0 Å². The highest BCUT2D eigenvalue weighted by molar-refractivity contribution is 6.11. The summed E-state index contributed by atoms with van der Waals surface area (Å²) in [6, 6.07) is 24.7. The topological polar surface area (TPSA) is 43.9 Å². The molecule has 4 nitrogen and oxygen atoms in total. The van der Waals surface area contributed by atoms with Crippen LogP contribution in [0.3, 0.4) is 0 Å². The van der Waals surface area contributed by atoms with E-state index in [-0.39, 0.29) is 0 Å². The number of hydrogen-bond donors (Lipinski definition) is 0. The van der Waals surface area contributed by atoms with Crippen LogP contribution in [-0.2, 0) is 0 Å². The summed E-state index contributed by atoms with van der Waals surface area (Å²) in [5, 5.41) is 2.27. The van der Waals surface area contributed by atoms with Crippen molar-refractivity contribution in [2.75, 3.05) is 0 Å². The first-order chi connectivity index (χ1) is 14.3. The molecule has 0 N–H and O–H groups in total. The normalized spacial score (nSPS) is 11.6. The quantitative estimate of drug-likeness (QED) is 0.357. The van der Waals surface area contributed by atoms with E-state index in [2.05, 4.69) is 46.8 Å². The number of aryl methyl sites for hydroxylation is 1. The molecule has 0 fully saturated rings. The summed E-state index contributed by atoms with van der Waals surface area (Å²) in [5.74, 6) is 0.850. The molecule has 0 aliphatic carbocycles. The maximum Gasteiger partial charge on any atom is 0.149 e. The maximum atomic E-state index is 6.34. The number of rotatable bonds is 2. The average molecular weight is 375 g/mol. The van der Waals surface area contributed by atoms with E-state index in [4.69, 9.17) is 9.40 Å². The number of benzene rings is 3. The van der Waals surface area contributed by atoms with Crippen molar-refractivity contribution >= 4 is 33.0 Å². The van der Waals surface area contributed by atoms with Crippen molar-refractivity contribution in [2.24, 2.45) is 0 Å². The zero-order valence-corrected chi connectivity index (χ0v) is 15.8. The van der Waals surface area contributed by atoms with Crippen molar-refractivity contribution in [3.8, 4) is 17.1 Å². The lowest BCUT2D eigenvalue weighted by Gasteiger charge is -2.10. The first kappa shape index (κ1) is 16.1. The molecule has 0 amide bonds. The molecule has 3 aromatic heterocycles. The first-order valence-electron chi connectivity index (χ1n) is 9.60. The summed E-state index contributed by atoms with van der Waals surface area (Å²) >= 11 is 0. The number of furan rings is 1. The van der Waals surface area contributed by atoms with Crippen LogP contribution in [0.5, 0.6) is 0 Å². The second kappa shape index (κ2) is 6.04. The lowest BCUT2D eigenvalue weighted by atomic mass is 10.0. The van der Waals surface area contributed by atoms with Crippen LogP contribution in [-0.4, -0.2) is 14.5 Å². The summed E-state index contributed by atoms with van der Waals surface area (Å²) in [7, 11) is 0. The highest BCUT2D eigenvalue weighted by Gasteiger charge is 2.20. The van der Waals surface area contributed by atoms with E-state index in [0.717, 1.165) is 50.0 Å². The number of imidazole rings is 1. The average Bonchev–Trinajstić information content (AvgIpc) is 3.34. The van der Waals surface area contributed by atoms with Gasteiger partial charge in [-0.3, -0.25) is 9.55 Å². The summed E-state index contributed by atoms with van der Waals surface area (Å²) in [6.45, 7) is 2.12. The number of hydrogen-bond acceptors (Lipinski definition) is 3. The molecule has 0 spiro atoms. The molecule has 29 heavy (non-hydrogen) atoms. The van der Waals surface area contributed by atoms with Crippen LogP contribution < -0.4 is 0 Å². The first-order valence-corrected chi connectivity index (χ1v) is 9.60. The minimum Gasteiger partial charge on any atom is -0.455 e. The highest BCUT2D eigenvalue weighted by Crippen LogP contribution is 2.39. The van der Waals surface area contributed by atoms with Crippen LogP contribution in [0.1, 0.15) is 5.56 Å². The fraction of sp³-hybridized carbons (Fsp3) is 0.0400. The lowest BCUT2D eigenvalue weighted by molar-refractivity contribution is 0.669. The fourth-order valence-electron chi connectivity index (χ4n) is 4.12. The van der Waals surface area contributed by atoms with Crippen LogP contribution in [0.25, 0.3) is 50.0 Å². The fourth-order valence-corrected chi connectivity index (χ4v) is 4.12. The third-order valence-electron chi connectivity index (χ3n) is 5.45. The zero-order chi connectivity index (χ0) is 19.4. The number of nitrogens with zero attached hydrogens (tertiary/aromatic N) is 3. The molecule has 6 rings (SSSR count). The number of para-hydroxylation sites is 2. The minimum absolute atomic E-state index is 0.850. The van der Waals surface area contributed by atoms with Crippen molar-refractivity contribution in [3.63, 3.8) is 0 Å². The molecule has 4 heteroatoms. The standard InChI is InChI=1S/C25H17N3O/c1-16-11-12-19(24-23(16)18-9-5-6-10-22(18)29-24)25-27-20-15-26-14-13-21(20)28(25)17-7-3-2-4-8-17/h2-15H,1H3. The molecular weight excluding hydrogens is 358 g/mol. The van der Waals surface area contributed by atoms with Crippen molar-refractivity contribution in [2.45, 2.75) is 6.92 Å². The van der Waals surface area contributed by atoms with Gasteiger partial charge in [-0.25, -0.2) is 4.98 Å². The van der Waals surface area contributed by atoms with E-state index in [9.17, 15) is 0 Å². The van der Waals surface area contributed by atoms with Gasteiger partial charge in [-0.2, -0.15) is 0 Å². The second-order valence-corrected chi connectivity index (χ2v) is 7.20. The molecule has 0 atom stereocenters. The molecule has 0 radical (unpaired) electrons. The molecule has 0 saturated carbocycles. The zero-order valence-electron chi connectivity index (χ0n) is 15.8. The number of aromatic nitrogens is 3. The van der Waals surface area contributed by atoms with E-state index in [1.165, 1.54) is 5.56 Å². The molecule has 6 aromatic rings. The minimum atomic E-state index is 0.850. The largest absolute Gasteiger partial charge is 0.455 e. The van der Waals surface area contributed by atoms with Gasteiger partial charge in [0.1, 0.15) is 22.5 Å². The van der Waals surface area contributed by atoms with Crippen molar-refractivity contribution in [1.82, 2.24) is 14.5 Å². The van der Waals surface area contributed by atoms with Crippen molar-refractivity contribution < 1.29 is 4.42 Å². The highest BCUT2D eigenvalue weighted by atomic mass is 16.3. The Morgan fingerprint density at radius 1 is 0.862 bits per heavy atom. The monoisotopic (exact) mass is 375 g/mol. The smallest absolute Gasteiger partial charge is 0.149 e. The molecule has 0 saturated heterocycles. The molecule has 3 aromatic carbocycles. The van der Waals surface area contributed by atoms with Gasteiger partial charge in [0.25, 0.3) is 0 Å². The van der Waals surface area contributed by atoms with Crippen LogP contribution in [0, 0.1) is 6.92 Å². The Balaban J connectivity index is 1.76. The Bertz CT molecular complexity index is 1510. The Hall–Kier alpha value is -3.92. The Labute approximate surface area is 167 Å². The van der Waals surface area contributed by atoms with Crippen LogP contribution in [0.15, 0.2) is 89.6 Å². The van der Waals surface area contributed by atoms with E-state index in [1.54, 1.807) is 6.20 Å². The van der Waals surface area contributed by atoms with Crippen LogP contribution >= 0.6 is 0 Å². The van der Waals surface area contributed by atoms with Gasteiger partial charge < -0.3 is 4.42 Å². The molecule has 0 aliphatic heterocycles. The molecular formula is C25H17N3O. The van der Waals surface area contributed by atoms with Crippen molar-refractivity contribution in [1.29, 1.82) is 0 Å². The van der Waals surface area contributed by atoms with Crippen LogP contribution in [0.2, 0.25) is 0 Å². The van der Waals surface area contributed by atoms with Crippen molar-refractivity contribution in [3.05, 3.63) is 90.8 Å². The molecule has 0 bridgehead atoms. The number of fused-ring (bicyclic) bond motifs is 4. The molecule has 138 valence electrons. The predicted molar refractivity (Wildman–Crippen MR) is 116 cm³/mol. The van der Waals surface area contributed by atoms with Gasteiger partial charge in [-0.1, -0.05) is 42.5 Å². The third-order valence-corrected chi connectivity index (χ3v) is 5.45. The van der Waals surface area contributed by atoms with E-state index >= 15 is 0 Å². The Morgan fingerprint density at radius 2 is 1.69 bits per heavy atom. The van der Waals surface area contributed by atoms with Gasteiger partial charge in [0.2, 0.25) is 0 Å². The second-order valence-electron chi connectivity index (χ2n) is 7.20.